The van der Waals surface area contributed by atoms with Gasteiger partial charge < -0.3 is 25.2 Å². The van der Waals surface area contributed by atoms with E-state index in [9.17, 15) is 23.1 Å². The summed E-state index contributed by atoms with van der Waals surface area (Å²) in [6.07, 6.45) is -3.15. The number of alkyl halides is 3. The maximum Gasteiger partial charge on any atom is 0.424 e. The zero-order valence-electron chi connectivity index (χ0n) is 13.3. The minimum Gasteiger partial charge on any atom is -0.374 e. The molecule has 2 amide bonds. The first-order valence-electron chi connectivity index (χ1n) is 7.01. The lowest BCUT2D eigenvalue weighted by Gasteiger charge is -2.30. The highest BCUT2D eigenvalue weighted by Gasteiger charge is 2.57. The molecular weight excluding hydrogens is 315 g/mol. The molecule has 23 heavy (non-hydrogen) atoms. The molecule has 0 saturated heterocycles. The van der Waals surface area contributed by atoms with Crippen molar-refractivity contribution in [3.8, 4) is 0 Å². The first kappa shape index (κ1) is 19.2. The standard InChI is InChI=1S/C13H22F3N5O2/c1-20(2)8-6-19-11(22)18-5-4-12(23,13(14,15)16)10-17-7-9-21(10)3/h7,9,23H,4-6,8H2,1-3H3,(H2,18,19,22). The van der Waals surface area contributed by atoms with E-state index >= 15 is 0 Å². The summed E-state index contributed by atoms with van der Waals surface area (Å²) in [5, 5.41) is 14.9. The number of carbonyl (C=O) groups is 1. The van der Waals surface area contributed by atoms with E-state index in [0.717, 1.165) is 4.57 Å². The Morgan fingerprint density at radius 2 is 1.96 bits per heavy atom. The summed E-state index contributed by atoms with van der Waals surface area (Å²) >= 11 is 0. The van der Waals surface area contributed by atoms with E-state index in [-0.39, 0.29) is 6.54 Å². The molecule has 0 radical (unpaired) electrons. The fourth-order valence-electron chi connectivity index (χ4n) is 1.96. The first-order chi connectivity index (χ1) is 10.6. The Morgan fingerprint density at radius 1 is 1.35 bits per heavy atom. The number of amides is 2. The van der Waals surface area contributed by atoms with Gasteiger partial charge in [-0.25, -0.2) is 9.78 Å². The van der Waals surface area contributed by atoms with E-state index in [1.165, 1.54) is 19.4 Å². The van der Waals surface area contributed by atoms with Gasteiger partial charge in [0.25, 0.3) is 0 Å². The van der Waals surface area contributed by atoms with Crippen LogP contribution in [0.15, 0.2) is 12.4 Å². The molecule has 1 atom stereocenters. The molecule has 0 aliphatic carbocycles. The van der Waals surface area contributed by atoms with E-state index in [1.54, 1.807) is 0 Å². The summed E-state index contributed by atoms with van der Waals surface area (Å²) in [5.74, 6) is -0.514. The van der Waals surface area contributed by atoms with E-state index in [4.69, 9.17) is 0 Å². The number of carbonyl (C=O) groups excluding carboxylic acids is 1. The number of nitrogens with one attached hydrogen (secondary N) is 2. The Bertz CT molecular complexity index is 518. The van der Waals surface area contributed by atoms with Crippen LogP contribution in [0.4, 0.5) is 18.0 Å². The SMILES string of the molecule is CN(C)CCNC(=O)NCCC(O)(c1nccn1C)C(F)(F)F. The van der Waals surface area contributed by atoms with Gasteiger partial charge in [0.2, 0.25) is 5.60 Å². The summed E-state index contributed by atoms with van der Waals surface area (Å²) in [6.45, 7) is 0.617. The van der Waals surface area contributed by atoms with Crippen LogP contribution in [-0.4, -0.2) is 65.5 Å². The highest BCUT2D eigenvalue weighted by molar-refractivity contribution is 5.73. The monoisotopic (exact) mass is 337 g/mol. The fourth-order valence-corrected chi connectivity index (χ4v) is 1.96. The minimum absolute atomic E-state index is 0.351. The predicted molar refractivity (Wildman–Crippen MR) is 77.7 cm³/mol. The Balaban J connectivity index is 2.61. The molecule has 1 heterocycles. The van der Waals surface area contributed by atoms with Gasteiger partial charge in [-0.2, -0.15) is 13.2 Å². The van der Waals surface area contributed by atoms with Crippen molar-refractivity contribution in [3.63, 3.8) is 0 Å². The van der Waals surface area contributed by atoms with Crippen LogP contribution in [0.3, 0.4) is 0 Å². The number of likely N-dealkylation sites (N-methyl/N-ethyl adjacent to an activating group) is 1. The lowest BCUT2D eigenvalue weighted by molar-refractivity contribution is -0.272. The second kappa shape index (κ2) is 7.64. The van der Waals surface area contributed by atoms with Crippen LogP contribution in [-0.2, 0) is 12.6 Å². The molecule has 132 valence electrons. The zero-order chi connectivity index (χ0) is 17.7. The number of hydrogen-bond acceptors (Lipinski definition) is 4. The molecule has 0 aliphatic rings. The summed E-state index contributed by atoms with van der Waals surface area (Å²) in [4.78, 5) is 16.9. The molecule has 1 unspecified atom stereocenters. The van der Waals surface area contributed by atoms with E-state index in [1.807, 2.05) is 19.0 Å². The van der Waals surface area contributed by atoms with Crippen molar-refractivity contribution in [2.45, 2.75) is 18.2 Å². The van der Waals surface area contributed by atoms with Gasteiger partial charge in [-0.05, 0) is 14.1 Å². The quantitative estimate of drug-likeness (QED) is 0.674. The Labute approximate surface area is 132 Å². The number of hydrogen-bond donors (Lipinski definition) is 3. The van der Waals surface area contributed by atoms with Crippen LogP contribution in [0, 0.1) is 0 Å². The van der Waals surface area contributed by atoms with Crippen molar-refractivity contribution < 1.29 is 23.1 Å². The molecule has 0 fully saturated rings. The number of urea groups is 1. The van der Waals surface area contributed by atoms with Crippen molar-refractivity contribution in [2.24, 2.45) is 7.05 Å². The molecule has 0 saturated carbocycles. The molecule has 1 rings (SSSR count). The third-order valence-electron chi connectivity index (χ3n) is 3.28. The average molecular weight is 337 g/mol. The third-order valence-corrected chi connectivity index (χ3v) is 3.28. The lowest BCUT2D eigenvalue weighted by Crippen LogP contribution is -2.48. The number of halogens is 3. The number of imidazole rings is 1. The van der Waals surface area contributed by atoms with Gasteiger partial charge in [-0.3, -0.25) is 0 Å². The van der Waals surface area contributed by atoms with Crippen molar-refractivity contribution in [2.75, 3.05) is 33.7 Å². The molecule has 10 heteroatoms. The Morgan fingerprint density at radius 3 is 2.43 bits per heavy atom. The molecule has 0 aromatic carbocycles. The maximum absolute atomic E-state index is 13.2. The zero-order valence-corrected chi connectivity index (χ0v) is 13.3. The minimum atomic E-state index is -4.91. The second-order valence-electron chi connectivity index (χ2n) is 5.46. The van der Waals surface area contributed by atoms with Crippen molar-refractivity contribution in [3.05, 3.63) is 18.2 Å². The van der Waals surface area contributed by atoms with Gasteiger partial charge in [-0.15, -0.1) is 0 Å². The Kier molecular flexibility index (Phi) is 6.39. The topological polar surface area (TPSA) is 82.4 Å². The normalized spacial score (nSPS) is 14.6. The highest BCUT2D eigenvalue weighted by Crippen LogP contribution is 2.40. The maximum atomic E-state index is 13.2. The summed E-state index contributed by atoms with van der Waals surface area (Å²) in [6, 6.07) is -0.587. The van der Waals surface area contributed by atoms with Crippen molar-refractivity contribution in [1.82, 2.24) is 25.1 Å². The molecule has 0 aliphatic heterocycles. The molecule has 1 aromatic heterocycles. The van der Waals surface area contributed by atoms with Crippen LogP contribution in [0.5, 0.6) is 0 Å². The van der Waals surface area contributed by atoms with E-state index in [2.05, 4.69) is 15.6 Å². The summed E-state index contributed by atoms with van der Waals surface area (Å²) < 4.78 is 40.8. The number of aromatic nitrogens is 2. The van der Waals surface area contributed by atoms with Crippen LogP contribution in [0.25, 0.3) is 0 Å². The van der Waals surface area contributed by atoms with Crippen molar-refractivity contribution >= 4 is 6.03 Å². The molecule has 0 spiro atoms. The Hall–Kier alpha value is -1.81. The highest BCUT2D eigenvalue weighted by atomic mass is 19.4. The third kappa shape index (κ3) is 5.10. The fraction of sp³-hybridized carbons (Fsp3) is 0.692. The smallest absolute Gasteiger partial charge is 0.374 e. The summed E-state index contributed by atoms with van der Waals surface area (Å²) in [7, 11) is 5.02. The van der Waals surface area contributed by atoms with Crippen LogP contribution < -0.4 is 10.6 Å². The molecule has 1 aromatic rings. The summed E-state index contributed by atoms with van der Waals surface area (Å²) in [5.41, 5.74) is -3.12. The van der Waals surface area contributed by atoms with Crippen LogP contribution in [0.1, 0.15) is 12.2 Å². The molecule has 7 nitrogen and oxygen atoms in total. The van der Waals surface area contributed by atoms with Crippen LogP contribution >= 0.6 is 0 Å². The van der Waals surface area contributed by atoms with Gasteiger partial charge in [0.05, 0.1) is 0 Å². The largest absolute Gasteiger partial charge is 0.424 e. The number of rotatable bonds is 7. The average Bonchev–Trinajstić information content (AvgIpc) is 2.83. The molecular formula is C13H22F3N5O2. The van der Waals surface area contributed by atoms with Gasteiger partial charge in [0.1, 0.15) is 5.82 Å². The number of aryl methyl sites for hydroxylation is 1. The van der Waals surface area contributed by atoms with Crippen LogP contribution in [0.2, 0.25) is 0 Å². The number of aliphatic hydroxyl groups is 1. The molecule has 0 bridgehead atoms. The van der Waals surface area contributed by atoms with Gasteiger partial charge in [0, 0.05) is 45.5 Å². The second-order valence-corrected chi connectivity index (χ2v) is 5.46. The van der Waals surface area contributed by atoms with E-state index in [0.29, 0.717) is 13.1 Å². The van der Waals surface area contributed by atoms with Gasteiger partial charge in [0.15, 0.2) is 0 Å². The van der Waals surface area contributed by atoms with Crippen molar-refractivity contribution in [1.29, 1.82) is 0 Å². The molecule has 3 N–H and O–H groups in total. The van der Waals surface area contributed by atoms with Gasteiger partial charge >= 0.3 is 12.2 Å². The van der Waals surface area contributed by atoms with Gasteiger partial charge in [-0.1, -0.05) is 0 Å². The lowest BCUT2D eigenvalue weighted by atomic mass is 9.97. The van der Waals surface area contributed by atoms with E-state index < -0.39 is 30.1 Å². The predicted octanol–water partition coefficient (Wildman–Crippen LogP) is 0.421. The number of nitrogens with zero attached hydrogens (tertiary/aromatic N) is 3. The first-order valence-corrected chi connectivity index (χ1v) is 7.01.